The van der Waals surface area contributed by atoms with Crippen LogP contribution in [0.1, 0.15) is 12.0 Å². The summed E-state index contributed by atoms with van der Waals surface area (Å²) in [6.07, 6.45) is 1.53. The average molecular weight is 382 g/mol. The van der Waals surface area contributed by atoms with Gasteiger partial charge in [-0.3, -0.25) is 4.79 Å². The molecule has 1 fully saturated rings. The van der Waals surface area contributed by atoms with Crippen LogP contribution in [0.2, 0.25) is 0 Å². The fraction of sp³-hybridized carbons (Fsp3) is 0.316. The van der Waals surface area contributed by atoms with E-state index >= 15 is 0 Å². The van der Waals surface area contributed by atoms with Crippen molar-refractivity contribution in [3.63, 3.8) is 0 Å². The normalized spacial score (nSPS) is 15.8. The number of benzene rings is 2. The van der Waals surface area contributed by atoms with E-state index in [-0.39, 0.29) is 30.7 Å². The van der Waals surface area contributed by atoms with Crippen LogP contribution in [0.4, 0.5) is 11.4 Å². The van der Waals surface area contributed by atoms with Crippen molar-refractivity contribution in [2.24, 2.45) is 5.92 Å². The van der Waals surface area contributed by atoms with Gasteiger partial charge < -0.3 is 16.0 Å². The summed E-state index contributed by atoms with van der Waals surface area (Å²) in [5.74, 6) is 0.596. The van der Waals surface area contributed by atoms with E-state index in [4.69, 9.17) is 5.73 Å². The predicted molar refractivity (Wildman–Crippen MR) is 109 cm³/mol. The first-order valence-corrected chi connectivity index (χ1v) is 8.12. The van der Waals surface area contributed by atoms with Gasteiger partial charge in [-0.25, -0.2) is 0 Å². The van der Waals surface area contributed by atoms with E-state index in [1.807, 2.05) is 30.3 Å². The van der Waals surface area contributed by atoms with Gasteiger partial charge in [-0.05, 0) is 42.2 Å². The number of nitrogens with one attached hydrogen (secondary N) is 1. The first-order chi connectivity index (χ1) is 11.2. The number of rotatable bonds is 5. The number of halogens is 2. The van der Waals surface area contributed by atoms with E-state index < -0.39 is 0 Å². The van der Waals surface area contributed by atoms with Crippen LogP contribution in [0.25, 0.3) is 0 Å². The van der Waals surface area contributed by atoms with Crippen molar-refractivity contribution in [2.75, 3.05) is 30.3 Å². The van der Waals surface area contributed by atoms with Crippen LogP contribution in [0.3, 0.4) is 0 Å². The quantitative estimate of drug-likeness (QED) is 0.781. The molecule has 1 aliphatic heterocycles. The highest BCUT2D eigenvalue weighted by Crippen LogP contribution is 2.22. The maximum Gasteiger partial charge on any atom is 0.224 e. The van der Waals surface area contributed by atoms with Crippen molar-refractivity contribution in [3.05, 3.63) is 60.2 Å². The molecule has 3 rings (SSSR count). The molecule has 25 heavy (non-hydrogen) atoms. The minimum absolute atomic E-state index is 0. The van der Waals surface area contributed by atoms with Crippen LogP contribution in [0, 0.1) is 5.92 Å². The zero-order valence-electron chi connectivity index (χ0n) is 14.1. The van der Waals surface area contributed by atoms with Crippen LogP contribution < -0.4 is 16.0 Å². The van der Waals surface area contributed by atoms with Crippen LogP contribution in [0.5, 0.6) is 0 Å². The number of carbonyl (C=O) groups excluding carboxylic acids is 1. The highest BCUT2D eigenvalue weighted by molar-refractivity contribution is 5.85. The molecule has 1 atom stereocenters. The van der Waals surface area contributed by atoms with Crippen molar-refractivity contribution in [1.29, 1.82) is 0 Å². The second-order valence-electron chi connectivity index (χ2n) is 6.16. The zero-order chi connectivity index (χ0) is 16.1. The van der Waals surface area contributed by atoms with Gasteiger partial charge in [0.25, 0.3) is 0 Å². The van der Waals surface area contributed by atoms with Crippen molar-refractivity contribution in [2.45, 2.75) is 12.8 Å². The van der Waals surface area contributed by atoms with Crippen molar-refractivity contribution >= 4 is 42.1 Å². The van der Waals surface area contributed by atoms with Gasteiger partial charge in [-0.15, -0.1) is 24.8 Å². The molecular weight excluding hydrogens is 357 g/mol. The molecule has 0 saturated carbocycles. The molecule has 4 nitrogen and oxygen atoms in total. The number of para-hydroxylation sites is 1. The molecule has 0 spiro atoms. The molecule has 1 aliphatic rings. The van der Waals surface area contributed by atoms with Gasteiger partial charge in [0, 0.05) is 31.0 Å². The number of nitrogens with zero attached hydrogens (tertiary/aromatic N) is 1. The van der Waals surface area contributed by atoms with Crippen LogP contribution in [-0.4, -0.2) is 25.5 Å². The SMILES string of the molecule is Cl.Cl.Nc1ccc(CC(=O)NCC2CCN(c3ccccc3)C2)cc1. The van der Waals surface area contributed by atoms with Gasteiger partial charge >= 0.3 is 0 Å². The van der Waals surface area contributed by atoms with E-state index in [9.17, 15) is 4.79 Å². The Bertz CT molecular complexity index is 649. The fourth-order valence-corrected chi connectivity index (χ4v) is 3.01. The highest BCUT2D eigenvalue weighted by Gasteiger charge is 2.22. The molecule has 1 unspecified atom stereocenters. The van der Waals surface area contributed by atoms with Gasteiger partial charge in [0.2, 0.25) is 5.91 Å². The standard InChI is InChI=1S/C19H23N3O.2ClH/c20-17-8-6-15(7-9-17)12-19(23)21-13-16-10-11-22(14-16)18-4-2-1-3-5-18;;/h1-9,16H,10-14,20H2,(H,21,23);2*1H. The van der Waals surface area contributed by atoms with E-state index in [0.29, 0.717) is 12.3 Å². The molecule has 2 aromatic carbocycles. The van der Waals surface area contributed by atoms with E-state index in [1.54, 1.807) is 0 Å². The lowest BCUT2D eigenvalue weighted by Crippen LogP contribution is -2.32. The van der Waals surface area contributed by atoms with Crippen LogP contribution in [0.15, 0.2) is 54.6 Å². The van der Waals surface area contributed by atoms with Gasteiger partial charge in [0.05, 0.1) is 6.42 Å². The molecule has 0 aliphatic carbocycles. The Morgan fingerprint density at radius 2 is 1.76 bits per heavy atom. The van der Waals surface area contributed by atoms with Gasteiger partial charge in [0.1, 0.15) is 0 Å². The largest absolute Gasteiger partial charge is 0.399 e. The second kappa shape index (κ2) is 10.2. The minimum atomic E-state index is 0. The summed E-state index contributed by atoms with van der Waals surface area (Å²) in [5, 5.41) is 3.06. The number of amides is 1. The average Bonchev–Trinajstić information content (AvgIpc) is 3.05. The first kappa shape index (κ1) is 21.1. The number of hydrogen-bond donors (Lipinski definition) is 2. The Morgan fingerprint density at radius 1 is 1.08 bits per heavy atom. The molecule has 0 radical (unpaired) electrons. The lowest BCUT2D eigenvalue weighted by atomic mass is 10.1. The van der Waals surface area contributed by atoms with Crippen molar-refractivity contribution in [3.8, 4) is 0 Å². The van der Waals surface area contributed by atoms with E-state index in [1.165, 1.54) is 5.69 Å². The highest BCUT2D eigenvalue weighted by atomic mass is 35.5. The second-order valence-corrected chi connectivity index (χ2v) is 6.16. The van der Waals surface area contributed by atoms with E-state index in [0.717, 1.165) is 37.3 Å². The number of nitrogen functional groups attached to an aromatic ring is 1. The van der Waals surface area contributed by atoms with Crippen LogP contribution >= 0.6 is 24.8 Å². The maximum atomic E-state index is 12.0. The number of nitrogens with two attached hydrogens (primary N) is 1. The number of carbonyl (C=O) groups is 1. The summed E-state index contributed by atoms with van der Waals surface area (Å²) in [6.45, 7) is 2.81. The molecule has 1 saturated heterocycles. The maximum absolute atomic E-state index is 12.0. The Morgan fingerprint density at radius 3 is 2.44 bits per heavy atom. The Labute approximate surface area is 161 Å². The molecule has 0 aromatic heterocycles. The number of hydrogen-bond acceptors (Lipinski definition) is 3. The van der Waals surface area contributed by atoms with Crippen molar-refractivity contribution in [1.82, 2.24) is 5.32 Å². The summed E-state index contributed by atoms with van der Waals surface area (Å²) in [5.41, 5.74) is 8.64. The lowest BCUT2D eigenvalue weighted by Gasteiger charge is -2.18. The summed E-state index contributed by atoms with van der Waals surface area (Å²) in [4.78, 5) is 14.4. The lowest BCUT2D eigenvalue weighted by molar-refractivity contribution is -0.120. The van der Waals surface area contributed by atoms with Crippen LogP contribution in [-0.2, 0) is 11.2 Å². The smallest absolute Gasteiger partial charge is 0.224 e. The van der Waals surface area contributed by atoms with Gasteiger partial charge in [-0.1, -0.05) is 30.3 Å². The minimum Gasteiger partial charge on any atom is -0.399 e. The van der Waals surface area contributed by atoms with Gasteiger partial charge in [0.15, 0.2) is 0 Å². The molecule has 0 bridgehead atoms. The third kappa shape index (κ3) is 6.15. The first-order valence-electron chi connectivity index (χ1n) is 8.12. The molecule has 6 heteroatoms. The molecule has 3 N–H and O–H groups in total. The van der Waals surface area contributed by atoms with E-state index in [2.05, 4.69) is 34.5 Å². The summed E-state index contributed by atoms with van der Waals surface area (Å²) >= 11 is 0. The predicted octanol–water partition coefficient (Wildman–Crippen LogP) is 3.30. The third-order valence-electron chi connectivity index (χ3n) is 4.34. The Kier molecular flexibility index (Phi) is 8.59. The summed E-state index contributed by atoms with van der Waals surface area (Å²) in [7, 11) is 0. The molecule has 1 amide bonds. The molecule has 1 heterocycles. The fourth-order valence-electron chi connectivity index (χ4n) is 3.01. The topological polar surface area (TPSA) is 58.4 Å². The number of anilines is 2. The summed E-state index contributed by atoms with van der Waals surface area (Å²) < 4.78 is 0. The van der Waals surface area contributed by atoms with Gasteiger partial charge in [-0.2, -0.15) is 0 Å². The molecule has 2 aromatic rings. The monoisotopic (exact) mass is 381 g/mol. The Balaban J connectivity index is 0.00000156. The third-order valence-corrected chi connectivity index (χ3v) is 4.34. The van der Waals surface area contributed by atoms with Crippen molar-refractivity contribution < 1.29 is 4.79 Å². The summed E-state index contributed by atoms with van der Waals surface area (Å²) in [6, 6.07) is 17.9. The zero-order valence-corrected chi connectivity index (χ0v) is 15.7. The Hall–Kier alpha value is -1.91. The molecular formula is C19H25Cl2N3O. The molecule has 136 valence electrons.